The summed E-state index contributed by atoms with van der Waals surface area (Å²) in [5, 5.41) is 11.9. The van der Waals surface area contributed by atoms with Gasteiger partial charge in [-0.05, 0) is 43.9 Å². The summed E-state index contributed by atoms with van der Waals surface area (Å²) in [5.41, 5.74) is 0.830. The van der Waals surface area contributed by atoms with Crippen molar-refractivity contribution in [2.45, 2.75) is 37.1 Å². The molecule has 1 saturated carbocycles. The van der Waals surface area contributed by atoms with Crippen molar-refractivity contribution in [3.05, 3.63) is 29.3 Å². The predicted molar refractivity (Wildman–Crippen MR) is 97.0 cm³/mol. The van der Waals surface area contributed by atoms with E-state index in [1.54, 1.807) is 19.1 Å². The molecule has 0 bridgehead atoms. The number of carbonyl (C=O) groups is 2. The molecule has 1 aliphatic carbocycles. The smallest absolute Gasteiger partial charge is 0.306 e. The Balaban J connectivity index is 1.76. The van der Waals surface area contributed by atoms with Crippen molar-refractivity contribution in [1.82, 2.24) is 9.62 Å². The van der Waals surface area contributed by atoms with Gasteiger partial charge in [0.15, 0.2) is 0 Å². The van der Waals surface area contributed by atoms with Crippen LogP contribution in [0.5, 0.6) is 0 Å². The van der Waals surface area contributed by atoms with Crippen LogP contribution in [0.15, 0.2) is 23.1 Å². The van der Waals surface area contributed by atoms with Crippen LogP contribution in [0.1, 0.15) is 35.2 Å². The Kier molecular flexibility index (Phi) is 5.83. The standard InChI is InChI=1S/C18H24N2O6S/c1-12-2-3-13(17(21)19-15-5-4-14(10-15)18(22)23)11-16(12)27(24,25)20-6-8-26-9-7-20/h2-3,11,14-15H,4-10H2,1H3,(H,19,21)(H,22,23)/t14-,15+/m0/s1. The molecule has 1 saturated heterocycles. The molecule has 0 radical (unpaired) electrons. The highest BCUT2D eigenvalue weighted by atomic mass is 32.2. The first kappa shape index (κ1) is 19.8. The van der Waals surface area contributed by atoms with Crippen molar-refractivity contribution in [2.75, 3.05) is 26.3 Å². The van der Waals surface area contributed by atoms with E-state index in [4.69, 9.17) is 9.84 Å². The number of ether oxygens (including phenoxy) is 1. The average Bonchev–Trinajstić information content (AvgIpc) is 3.11. The normalized spacial score (nSPS) is 23.9. The molecule has 3 rings (SSSR count). The van der Waals surface area contributed by atoms with Crippen LogP contribution in [-0.2, 0) is 19.6 Å². The largest absolute Gasteiger partial charge is 0.481 e. The van der Waals surface area contributed by atoms with E-state index in [-0.39, 0.29) is 35.5 Å². The van der Waals surface area contributed by atoms with Crippen LogP contribution in [0, 0.1) is 12.8 Å². The molecular formula is C18H24N2O6S. The molecule has 1 heterocycles. The summed E-state index contributed by atoms with van der Waals surface area (Å²) in [6, 6.07) is 4.40. The van der Waals surface area contributed by atoms with Gasteiger partial charge in [0.05, 0.1) is 24.0 Å². The molecule has 1 aliphatic heterocycles. The summed E-state index contributed by atoms with van der Waals surface area (Å²) in [7, 11) is -3.70. The molecule has 2 aliphatic rings. The number of sulfonamides is 1. The van der Waals surface area contributed by atoms with Gasteiger partial charge >= 0.3 is 5.97 Å². The second-order valence-corrected chi connectivity index (χ2v) is 8.92. The minimum atomic E-state index is -3.70. The molecule has 0 spiro atoms. The van der Waals surface area contributed by atoms with E-state index < -0.39 is 21.9 Å². The Morgan fingerprint density at radius 2 is 1.93 bits per heavy atom. The summed E-state index contributed by atoms with van der Waals surface area (Å²) in [6.45, 7) is 2.98. The number of hydrogen-bond donors (Lipinski definition) is 2. The first-order valence-corrected chi connectivity index (χ1v) is 10.5. The van der Waals surface area contributed by atoms with E-state index in [1.165, 1.54) is 10.4 Å². The Bertz CT molecular complexity index is 832. The molecule has 2 fully saturated rings. The van der Waals surface area contributed by atoms with Gasteiger partial charge in [-0.3, -0.25) is 9.59 Å². The van der Waals surface area contributed by atoms with Gasteiger partial charge < -0.3 is 15.2 Å². The van der Waals surface area contributed by atoms with E-state index in [9.17, 15) is 18.0 Å². The number of aryl methyl sites for hydroxylation is 1. The molecule has 2 N–H and O–H groups in total. The molecule has 0 aromatic heterocycles. The van der Waals surface area contributed by atoms with Gasteiger partial charge in [0, 0.05) is 24.7 Å². The fraction of sp³-hybridized carbons (Fsp3) is 0.556. The number of benzene rings is 1. The molecule has 9 heteroatoms. The maximum absolute atomic E-state index is 12.9. The van der Waals surface area contributed by atoms with Gasteiger partial charge in [0.2, 0.25) is 10.0 Å². The maximum Gasteiger partial charge on any atom is 0.306 e. The third-order valence-corrected chi connectivity index (χ3v) is 7.20. The molecule has 0 unspecified atom stereocenters. The summed E-state index contributed by atoms with van der Waals surface area (Å²) in [6.07, 6.45) is 1.53. The Hall–Kier alpha value is -1.97. The van der Waals surface area contributed by atoms with Gasteiger partial charge in [0.1, 0.15) is 0 Å². The van der Waals surface area contributed by atoms with Crippen LogP contribution >= 0.6 is 0 Å². The molecular weight excluding hydrogens is 372 g/mol. The molecule has 8 nitrogen and oxygen atoms in total. The number of carboxylic acids is 1. The number of carbonyl (C=O) groups excluding carboxylic acids is 1. The lowest BCUT2D eigenvalue weighted by Crippen LogP contribution is -2.41. The van der Waals surface area contributed by atoms with E-state index in [2.05, 4.69) is 5.32 Å². The second kappa shape index (κ2) is 7.95. The number of nitrogens with zero attached hydrogens (tertiary/aromatic N) is 1. The monoisotopic (exact) mass is 396 g/mol. The highest BCUT2D eigenvalue weighted by molar-refractivity contribution is 7.89. The van der Waals surface area contributed by atoms with E-state index in [1.807, 2.05) is 0 Å². The van der Waals surface area contributed by atoms with Gasteiger partial charge in [0.25, 0.3) is 5.91 Å². The van der Waals surface area contributed by atoms with Crippen LogP contribution < -0.4 is 5.32 Å². The zero-order chi connectivity index (χ0) is 19.6. The number of morpholine rings is 1. The van der Waals surface area contributed by atoms with Crippen molar-refractivity contribution in [3.63, 3.8) is 0 Å². The highest BCUT2D eigenvalue weighted by Gasteiger charge is 2.32. The minimum Gasteiger partial charge on any atom is -0.481 e. The molecule has 2 atom stereocenters. The highest BCUT2D eigenvalue weighted by Crippen LogP contribution is 2.26. The van der Waals surface area contributed by atoms with E-state index in [0.29, 0.717) is 38.0 Å². The SMILES string of the molecule is Cc1ccc(C(=O)N[C@@H]2CC[C@H](C(=O)O)C2)cc1S(=O)(=O)N1CCOCC1. The van der Waals surface area contributed by atoms with Crippen molar-refractivity contribution in [1.29, 1.82) is 0 Å². The van der Waals surface area contributed by atoms with Crippen molar-refractivity contribution < 1.29 is 27.9 Å². The predicted octanol–water partition coefficient (Wildman–Crippen LogP) is 0.999. The maximum atomic E-state index is 12.9. The van der Waals surface area contributed by atoms with Crippen molar-refractivity contribution in [2.24, 2.45) is 5.92 Å². The number of carboxylic acid groups (broad SMARTS) is 1. The topological polar surface area (TPSA) is 113 Å². The summed E-state index contributed by atoms with van der Waals surface area (Å²) in [4.78, 5) is 23.7. The van der Waals surface area contributed by atoms with Crippen LogP contribution in [0.25, 0.3) is 0 Å². The lowest BCUT2D eigenvalue weighted by molar-refractivity contribution is -0.141. The second-order valence-electron chi connectivity index (χ2n) is 7.02. The molecule has 1 amide bonds. The lowest BCUT2D eigenvalue weighted by Gasteiger charge is -2.26. The van der Waals surface area contributed by atoms with Gasteiger partial charge in [-0.1, -0.05) is 6.07 Å². The quantitative estimate of drug-likeness (QED) is 0.768. The lowest BCUT2D eigenvalue weighted by atomic mass is 10.1. The van der Waals surface area contributed by atoms with Crippen LogP contribution in [0.3, 0.4) is 0 Å². The van der Waals surface area contributed by atoms with Crippen LogP contribution in [0.2, 0.25) is 0 Å². The van der Waals surface area contributed by atoms with Gasteiger partial charge in [-0.2, -0.15) is 4.31 Å². The van der Waals surface area contributed by atoms with Gasteiger partial charge in [-0.15, -0.1) is 0 Å². The first-order chi connectivity index (χ1) is 12.8. The zero-order valence-corrected chi connectivity index (χ0v) is 16.0. The number of rotatable bonds is 5. The first-order valence-electron chi connectivity index (χ1n) is 9.01. The number of nitrogens with one attached hydrogen (secondary N) is 1. The molecule has 27 heavy (non-hydrogen) atoms. The number of hydrogen-bond acceptors (Lipinski definition) is 5. The number of aliphatic carboxylic acids is 1. The van der Waals surface area contributed by atoms with Crippen molar-refractivity contribution in [3.8, 4) is 0 Å². The molecule has 148 valence electrons. The van der Waals surface area contributed by atoms with E-state index in [0.717, 1.165) is 0 Å². The fourth-order valence-electron chi connectivity index (χ4n) is 3.55. The molecule has 1 aromatic carbocycles. The Labute approximate surface area is 158 Å². The average molecular weight is 396 g/mol. The van der Waals surface area contributed by atoms with Gasteiger partial charge in [-0.25, -0.2) is 8.42 Å². The minimum absolute atomic E-state index is 0.117. The Morgan fingerprint density at radius 3 is 2.56 bits per heavy atom. The zero-order valence-electron chi connectivity index (χ0n) is 15.2. The summed E-state index contributed by atoms with van der Waals surface area (Å²) in [5.74, 6) is -1.67. The third-order valence-electron chi connectivity index (χ3n) is 5.16. The van der Waals surface area contributed by atoms with Crippen LogP contribution in [-0.4, -0.2) is 62.1 Å². The van der Waals surface area contributed by atoms with Crippen LogP contribution in [0.4, 0.5) is 0 Å². The summed E-state index contributed by atoms with van der Waals surface area (Å²) >= 11 is 0. The number of amides is 1. The van der Waals surface area contributed by atoms with E-state index >= 15 is 0 Å². The molecule has 1 aromatic rings. The Morgan fingerprint density at radius 1 is 1.22 bits per heavy atom. The summed E-state index contributed by atoms with van der Waals surface area (Å²) < 4.78 is 32.4. The third kappa shape index (κ3) is 4.31. The van der Waals surface area contributed by atoms with Crippen molar-refractivity contribution >= 4 is 21.9 Å². The fourth-order valence-corrected chi connectivity index (χ4v) is 5.21.